The van der Waals surface area contributed by atoms with Crippen molar-refractivity contribution < 1.29 is 79.5 Å². The number of aromatic hydroxyl groups is 5. The maximum absolute atomic E-state index is 10.9. The van der Waals surface area contributed by atoms with E-state index in [0.717, 1.165) is 24.3 Å². The first kappa shape index (κ1) is 30.7. The zero-order valence-corrected chi connectivity index (χ0v) is 22.3. The molecule has 11 N–H and O–H groups in total. The first-order chi connectivity index (χ1) is 20.3. The Balaban J connectivity index is 1.59. The van der Waals surface area contributed by atoms with Crippen molar-refractivity contribution in [3.63, 3.8) is 0 Å². The third-order valence-corrected chi connectivity index (χ3v) is 7.32. The Labute approximate surface area is 242 Å². The Bertz CT molecular complexity index is 1460. The molecule has 10 atom stereocenters. The molecular formula is C27H31O16+. The van der Waals surface area contributed by atoms with E-state index in [-0.39, 0.29) is 33.8 Å². The van der Waals surface area contributed by atoms with Crippen molar-refractivity contribution >= 4 is 11.0 Å². The van der Waals surface area contributed by atoms with E-state index in [0.29, 0.717) is 0 Å². The van der Waals surface area contributed by atoms with Gasteiger partial charge in [-0.2, -0.15) is 0 Å². The average Bonchev–Trinajstić information content (AvgIpc) is 2.96. The number of phenolic OH excluding ortho intramolecular Hbond substituents is 5. The van der Waals surface area contributed by atoms with E-state index in [1.165, 1.54) is 13.0 Å². The van der Waals surface area contributed by atoms with Gasteiger partial charge in [0.15, 0.2) is 29.6 Å². The highest BCUT2D eigenvalue weighted by Gasteiger charge is 2.51. The largest absolute Gasteiger partial charge is 0.507 e. The monoisotopic (exact) mass is 611 g/mol. The quantitative estimate of drug-likeness (QED) is 0.117. The van der Waals surface area contributed by atoms with E-state index in [2.05, 4.69) is 0 Å². The van der Waals surface area contributed by atoms with Gasteiger partial charge in [0.05, 0.1) is 24.3 Å². The maximum atomic E-state index is 10.9. The van der Waals surface area contributed by atoms with Gasteiger partial charge in [0.1, 0.15) is 53.5 Å². The summed E-state index contributed by atoms with van der Waals surface area (Å²) in [5.41, 5.74) is -0.176. The number of hydrogen-bond donors (Lipinski definition) is 11. The minimum Gasteiger partial charge on any atom is -0.507 e. The van der Waals surface area contributed by atoms with Gasteiger partial charge in [-0.25, -0.2) is 4.42 Å². The summed E-state index contributed by atoms with van der Waals surface area (Å²) < 4.78 is 28.7. The molecule has 0 saturated carbocycles. The highest BCUT2D eigenvalue weighted by atomic mass is 16.8. The van der Waals surface area contributed by atoms with Crippen molar-refractivity contribution in [2.45, 2.75) is 68.3 Å². The lowest BCUT2D eigenvalue weighted by atomic mass is 9.97. The summed E-state index contributed by atoms with van der Waals surface area (Å²) in [7, 11) is 0. The Morgan fingerprint density at radius 1 is 0.744 bits per heavy atom. The van der Waals surface area contributed by atoms with Crippen molar-refractivity contribution in [3.05, 3.63) is 30.3 Å². The Morgan fingerprint density at radius 2 is 1.42 bits per heavy atom. The van der Waals surface area contributed by atoms with Crippen LogP contribution in [0.25, 0.3) is 22.3 Å². The van der Waals surface area contributed by atoms with Crippen LogP contribution in [0.5, 0.6) is 34.5 Å². The maximum Gasteiger partial charge on any atom is 0.402 e. The summed E-state index contributed by atoms with van der Waals surface area (Å²) in [6.07, 6.45) is -16.1. The van der Waals surface area contributed by atoms with Gasteiger partial charge in [-0.3, -0.25) is 0 Å². The molecule has 234 valence electrons. The number of fused-ring (bicyclic) bond motifs is 1. The van der Waals surface area contributed by atoms with Gasteiger partial charge >= 0.3 is 11.3 Å². The van der Waals surface area contributed by atoms with Crippen LogP contribution in [0.3, 0.4) is 0 Å². The lowest BCUT2D eigenvalue weighted by Gasteiger charge is -2.45. The summed E-state index contributed by atoms with van der Waals surface area (Å²) >= 11 is 0. The van der Waals surface area contributed by atoms with E-state index in [9.17, 15) is 56.2 Å². The zero-order valence-electron chi connectivity index (χ0n) is 22.3. The Morgan fingerprint density at radius 3 is 2.07 bits per heavy atom. The SMILES string of the molecule is CC1O[C@@H](OC2C(O)[C@H](O)C(CO)O[C@H]2Oc2cc3c(O)cc(O)cc3[o+]c2-c2cc(O)c(O)c(O)c2)[C@@H](O)C(O)[C@H]1O. The second kappa shape index (κ2) is 11.8. The minimum atomic E-state index is -1.85. The highest BCUT2D eigenvalue weighted by molar-refractivity contribution is 5.88. The van der Waals surface area contributed by atoms with E-state index < -0.39 is 91.0 Å². The lowest BCUT2D eigenvalue weighted by Crippen LogP contribution is -2.64. The number of ether oxygens (including phenoxy) is 4. The molecule has 43 heavy (non-hydrogen) atoms. The van der Waals surface area contributed by atoms with Crippen LogP contribution in [0.4, 0.5) is 0 Å². The summed E-state index contributed by atoms with van der Waals surface area (Å²) in [4.78, 5) is 0. The van der Waals surface area contributed by atoms with E-state index >= 15 is 0 Å². The van der Waals surface area contributed by atoms with Gasteiger partial charge in [-0.15, -0.1) is 0 Å². The molecule has 0 spiro atoms. The van der Waals surface area contributed by atoms with Crippen molar-refractivity contribution in [1.29, 1.82) is 0 Å². The molecule has 3 aromatic rings. The smallest absolute Gasteiger partial charge is 0.402 e. The number of benzene rings is 2. The molecule has 2 aromatic carbocycles. The zero-order chi connectivity index (χ0) is 31.3. The molecule has 0 radical (unpaired) electrons. The van der Waals surface area contributed by atoms with Crippen molar-refractivity contribution in [3.8, 4) is 45.8 Å². The van der Waals surface area contributed by atoms with Gasteiger partial charge in [-0.05, 0) is 6.92 Å². The van der Waals surface area contributed by atoms with Crippen molar-refractivity contribution in [2.24, 2.45) is 0 Å². The van der Waals surface area contributed by atoms with Gasteiger partial charge in [0, 0.05) is 24.3 Å². The van der Waals surface area contributed by atoms with E-state index in [4.69, 9.17) is 23.4 Å². The molecule has 0 aliphatic carbocycles. The molecule has 2 aliphatic heterocycles. The first-order valence-corrected chi connectivity index (χ1v) is 13.0. The summed E-state index contributed by atoms with van der Waals surface area (Å²) in [6, 6.07) is 5.37. The fourth-order valence-corrected chi connectivity index (χ4v) is 4.91. The van der Waals surface area contributed by atoms with Crippen LogP contribution in [0, 0.1) is 0 Å². The van der Waals surface area contributed by atoms with Gasteiger partial charge in [-0.1, -0.05) is 0 Å². The van der Waals surface area contributed by atoms with Gasteiger partial charge in [0.25, 0.3) is 0 Å². The number of phenols is 5. The first-order valence-electron chi connectivity index (χ1n) is 13.0. The van der Waals surface area contributed by atoms with Crippen molar-refractivity contribution in [2.75, 3.05) is 6.61 Å². The van der Waals surface area contributed by atoms with Crippen LogP contribution in [0.1, 0.15) is 6.92 Å². The minimum absolute atomic E-state index is 0.00619. The number of aliphatic hydroxyl groups excluding tert-OH is 6. The molecule has 1 aromatic heterocycles. The fourth-order valence-electron chi connectivity index (χ4n) is 4.91. The third-order valence-electron chi connectivity index (χ3n) is 7.32. The molecule has 0 amide bonds. The molecule has 5 unspecified atom stereocenters. The van der Waals surface area contributed by atoms with Gasteiger partial charge < -0.3 is 75.1 Å². The lowest BCUT2D eigenvalue weighted by molar-refractivity contribution is -0.354. The summed E-state index contributed by atoms with van der Waals surface area (Å²) in [6.45, 7) is 0.605. The van der Waals surface area contributed by atoms with Crippen LogP contribution >= 0.6 is 0 Å². The Kier molecular flexibility index (Phi) is 8.41. The molecular weight excluding hydrogens is 580 g/mol. The Hall–Kier alpha value is -3.71. The molecule has 0 bridgehead atoms. The van der Waals surface area contributed by atoms with Crippen LogP contribution in [-0.2, 0) is 14.2 Å². The second-order valence-corrected chi connectivity index (χ2v) is 10.3. The standard InChI is InChI=1S/C27H30O16/c1-8-18(33)21(36)23(38)26(39-8)43-25-22(37)20(35)17(7-28)42-27(25)41-16-6-11-12(30)4-10(29)5-15(11)40-24(16)9-2-13(31)19(34)14(32)3-9/h2-6,8,17-18,20-23,25-28,33,35-38H,7H2,1H3,(H4-,29,30,31,32,34)/p+1/t8?,17?,18-,20+,21?,22?,23-,25?,26-,27+/m0/s1. The molecule has 5 rings (SSSR count). The molecule has 2 fully saturated rings. The van der Waals surface area contributed by atoms with Crippen LogP contribution in [0.15, 0.2) is 34.7 Å². The predicted molar refractivity (Wildman–Crippen MR) is 140 cm³/mol. The topological polar surface area (TPSA) is 271 Å². The third kappa shape index (κ3) is 5.67. The van der Waals surface area contributed by atoms with E-state index in [1.807, 2.05) is 0 Å². The van der Waals surface area contributed by atoms with Crippen LogP contribution in [-0.4, -0.2) is 124 Å². The molecule has 2 aliphatic rings. The van der Waals surface area contributed by atoms with Crippen LogP contribution < -0.4 is 4.74 Å². The number of hydrogen-bond acceptors (Lipinski definition) is 15. The fraction of sp³-hybridized carbons (Fsp3) is 0.444. The molecule has 2 saturated heterocycles. The second-order valence-electron chi connectivity index (χ2n) is 10.3. The normalized spacial score (nSPS) is 33.0. The summed E-state index contributed by atoms with van der Waals surface area (Å²) in [5.74, 6) is -3.72. The molecule has 16 heteroatoms. The average molecular weight is 612 g/mol. The molecule has 3 heterocycles. The predicted octanol–water partition coefficient (Wildman–Crippen LogP) is -1.06. The molecule has 16 nitrogen and oxygen atoms in total. The van der Waals surface area contributed by atoms with E-state index in [1.54, 1.807) is 0 Å². The highest BCUT2D eigenvalue weighted by Crippen LogP contribution is 2.45. The number of rotatable bonds is 6. The van der Waals surface area contributed by atoms with Crippen molar-refractivity contribution in [1.82, 2.24) is 0 Å². The van der Waals surface area contributed by atoms with Gasteiger partial charge in [0.2, 0.25) is 12.0 Å². The number of aliphatic hydroxyl groups is 6. The van der Waals surface area contributed by atoms with Crippen LogP contribution in [0.2, 0.25) is 0 Å². The summed E-state index contributed by atoms with van der Waals surface area (Å²) in [5, 5.41) is 112.